The minimum atomic E-state index is -0.00926. The van der Waals surface area contributed by atoms with Crippen molar-refractivity contribution in [3.05, 3.63) is 18.5 Å². The van der Waals surface area contributed by atoms with Crippen LogP contribution in [-0.4, -0.2) is 16.7 Å². The number of hydrogen-bond acceptors (Lipinski definition) is 2. The van der Waals surface area contributed by atoms with Gasteiger partial charge in [-0.05, 0) is 12.9 Å². The molecule has 0 radical (unpaired) electrons. The smallest absolute Gasteiger partial charge is 0.349 e. The summed E-state index contributed by atoms with van der Waals surface area (Å²) in [6.45, 7) is 1.87. The van der Waals surface area contributed by atoms with Gasteiger partial charge in [-0.25, -0.2) is 0 Å². The highest BCUT2D eigenvalue weighted by atomic mass is 15.2. The summed E-state index contributed by atoms with van der Waals surface area (Å²) in [5.41, 5.74) is 5.46. The van der Waals surface area contributed by atoms with Gasteiger partial charge in [0.25, 0.3) is 0 Å². The fraction of sp³-hybridized carbons (Fsp3) is 0.250. The van der Waals surface area contributed by atoms with E-state index in [1.807, 2.05) is 19.1 Å². The molecule has 1 aromatic rings. The first-order valence-electron chi connectivity index (χ1n) is 2.55. The van der Waals surface area contributed by atoms with E-state index in [-0.39, 0.29) is 6.98 Å². The molecule has 0 aliphatic heterocycles. The number of hydrogen-bond donors (Lipinski definition) is 1. The van der Waals surface area contributed by atoms with Crippen LogP contribution in [0.1, 0.15) is 0 Å². The summed E-state index contributed by atoms with van der Waals surface area (Å²) in [4.78, 5) is 0. The van der Waals surface area contributed by atoms with Crippen LogP contribution in [0.5, 0.6) is 0 Å². The highest BCUT2D eigenvalue weighted by Crippen LogP contribution is 1.80. The standard InChI is InChI=1S/C4H8BN3/c1-5(6)8-4-2-3-7-8/h2-4H,6H2,1H3. The van der Waals surface area contributed by atoms with E-state index < -0.39 is 0 Å². The Morgan fingerprint density at radius 1 is 1.75 bits per heavy atom. The van der Waals surface area contributed by atoms with Gasteiger partial charge in [-0.2, -0.15) is 5.10 Å². The maximum Gasteiger partial charge on any atom is 0.358 e. The zero-order chi connectivity index (χ0) is 5.98. The molecule has 1 aromatic heterocycles. The van der Waals surface area contributed by atoms with E-state index in [0.717, 1.165) is 0 Å². The summed E-state index contributed by atoms with van der Waals surface area (Å²) in [7, 11) is 0. The third kappa shape index (κ3) is 0.896. The molecule has 4 heteroatoms. The van der Waals surface area contributed by atoms with Crippen LogP contribution in [0.4, 0.5) is 0 Å². The minimum Gasteiger partial charge on any atom is -0.349 e. The average molecular weight is 109 g/mol. The molecule has 0 saturated carbocycles. The highest BCUT2D eigenvalue weighted by Gasteiger charge is 1.99. The summed E-state index contributed by atoms with van der Waals surface area (Å²) < 4.78 is 1.69. The molecule has 0 spiro atoms. The summed E-state index contributed by atoms with van der Waals surface area (Å²) in [6, 6.07) is 1.85. The molecule has 42 valence electrons. The number of aromatic nitrogens is 2. The first-order valence-corrected chi connectivity index (χ1v) is 2.55. The number of rotatable bonds is 1. The van der Waals surface area contributed by atoms with Gasteiger partial charge in [0.1, 0.15) is 0 Å². The van der Waals surface area contributed by atoms with Crippen molar-refractivity contribution in [2.75, 3.05) is 0 Å². The molecule has 0 saturated heterocycles. The van der Waals surface area contributed by atoms with Crippen LogP contribution in [0.3, 0.4) is 0 Å². The molecule has 1 rings (SSSR count). The third-order valence-corrected chi connectivity index (χ3v) is 0.942. The first-order chi connectivity index (χ1) is 3.80. The van der Waals surface area contributed by atoms with E-state index in [4.69, 9.17) is 5.64 Å². The van der Waals surface area contributed by atoms with Gasteiger partial charge >= 0.3 is 6.98 Å². The Labute approximate surface area is 48.6 Å². The quantitative estimate of drug-likeness (QED) is 0.507. The van der Waals surface area contributed by atoms with Crippen LogP contribution in [0, 0.1) is 0 Å². The van der Waals surface area contributed by atoms with Crippen molar-refractivity contribution in [2.45, 2.75) is 6.82 Å². The second kappa shape index (κ2) is 2.00. The van der Waals surface area contributed by atoms with Gasteiger partial charge in [0.2, 0.25) is 0 Å². The molecule has 0 amide bonds. The van der Waals surface area contributed by atoms with Crippen molar-refractivity contribution in [2.24, 2.45) is 5.64 Å². The maximum atomic E-state index is 5.46. The summed E-state index contributed by atoms with van der Waals surface area (Å²) in [5, 5.41) is 3.91. The Morgan fingerprint density at radius 2 is 2.50 bits per heavy atom. The lowest BCUT2D eigenvalue weighted by atomic mass is 9.84. The van der Waals surface area contributed by atoms with Crippen molar-refractivity contribution in [1.82, 2.24) is 9.69 Å². The molecule has 0 atom stereocenters. The van der Waals surface area contributed by atoms with E-state index in [1.165, 1.54) is 0 Å². The van der Waals surface area contributed by atoms with E-state index in [1.54, 1.807) is 10.8 Å². The zero-order valence-corrected chi connectivity index (χ0v) is 4.78. The topological polar surface area (TPSA) is 43.8 Å². The van der Waals surface area contributed by atoms with Crippen molar-refractivity contribution in [3.63, 3.8) is 0 Å². The fourth-order valence-corrected chi connectivity index (χ4v) is 0.522. The predicted octanol–water partition coefficient (Wildman–Crippen LogP) is -0.192. The molecule has 2 N–H and O–H groups in total. The fourth-order valence-electron chi connectivity index (χ4n) is 0.522. The van der Waals surface area contributed by atoms with Crippen molar-refractivity contribution < 1.29 is 0 Å². The largest absolute Gasteiger partial charge is 0.358 e. The molecule has 0 aromatic carbocycles. The average Bonchev–Trinajstić information content (AvgIpc) is 2.12. The first kappa shape index (κ1) is 5.37. The van der Waals surface area contributed by atoms with Gasteiger partial charge in [0, 0.05) is 12.4 Å². The van der Waals surface area contributed by atoms with Crippen molar-refractivity contribution >= 4 is 6.98 Å². The predicted molar refractivity (Wildman–Crippen MR) is 33.4 cm³/mol. The molecule has 3 nitrogen and oxygen atoms in total. The molecular weight excluding hydrogens is 101 g/mol. The molecule has 0 bridgehead atoms. The summed E-state index contributed by atoms with van der Waals surface area (Å²) in [5.74, 6) is 0. The Balaban J connectivity index is 2.77. The molecule has 0 fully saturated rings. The van der Waals surface area contributed by atoms with Crippen LogP contribution in [0.2, 0.25) is 6.82 Å². The Morgan fingerprint density at radius 3 is 2.75 bits per heavy atom. The Hall–Kier alpha value is -0.765. The molecule has 1 heterocycles. The second-order valence-corrected chi connectivity index (χ2v) is 1.73. The van der Waals surface area contributed by atoms with E-state index in [0.29, 0.717) is 0 Å². The van der Waals surface area contributed by atoms with Crippen LogP contribution in [0.25, 0.3) is 0 Å². The highest BCUT2D eigenvalue weighted by molar-refractivity contribution is 6.51. The Bertz CT molecular complexity index is 146. The van der Waals surface area contributed by atoms with Gasteiger partial charge in [0.05, 0.1) is 0 Å². The lowest BCUT2D eigenvalue weighted by molar-refractivity contribution is 0.951. The Kier molecular flexibility index (Phi) is 1.35. The molecule has 0 aliphatic carbocycles. The lowest BCUT2D eigenvalue weighted by Gasteiger charge is -1.96. The minimum absolute atomic E-state index is 0.00926. The van der Waals surface area contributed by atoms with Gasteiger partial charge in [-0.1, -0.05) is 0 Å². The monoisotopic (exact) mass is 109 g/mol. The van der Waals surface area contributed by atoms with Gasteiger partial charge in [0.15, 0.2) is 0 Å². The second-order valence-electron chi connectivity index (χ2n) is 1.73. The van der Waals surface area contributed by atoms with Crippen LogP contribution < -0.4 is 5.64 Å². The SMILES string of the molecule is CB(N)n1cccn1. The summed E-state index contributed by atoms with van der Waals surface area (Å²) in [6.07, 6.45) is 3.55. The summed E-state index contributed by atoms with van der Waals surface area (Å²) >= 11 is 0. The van der Waals surface area contributed by atoms with Gasteiger partial charge in [-0.3, -0.25) is 4.59 Å². The van der Waals surface area contributed by atoms with Crippen molar-refractivity contribution in [1.29, 1.82) is 0 Å². The van der Waals surface area contributed by atoms with E-state index in [9.17, 15) is 0 Å². The van der Waals surface area contributed by atoms with Gasteiger partial charge in [-0.15, -0.1) is 0 Å². The van der Waals surface area contributed by atoms with Gasteiger partial charge < -0.3 is 5.64 Å². The van der Waals surface area contributed by atoms with Crippen LogP contribution in [-0.2, 0) is 0 Å². The number of nitrogens with two attached hydrogens (primary N) is 1. The van der Waals surface area contributed by atoms with Crippen LogP contribution in [0.15, 0.2) is 18.5 Å². The third-order valence-electron chi connectivity index (χ3n) is 0.942. The molecule has 0 aliphatic rings. The van der Waals surface area contributed by atoms with E-state index >= 15 is 0 Å². The molecule has 8 heavy (non-hydrogen) atoms. The lowest BCUT2D eigenvalue weighted by Crippen LogP contribution is -2.31. The number of nitrogens with zero attached hydrogens (tertiary/aromatic N) is 2. The maximum absolute atomic E-state index is 5.46. The molecular formula is C4H8BN3. The van der Waals surface area contributed by atoms with Crippen molar-refractivity contribution in [3.8, 4) is 0 Å². The normalized spacial score (nSPS) is 9.25. The van der Waals surface area contributed by atoms with E-state index in [2.05, 4.69) is 5.10 Å². The molecule has 0 unspecified atom stereocenters. The van der Waals surface area contributed by atoms with Crippen LogP contribution >= 0.6 is 0 Å². The zero-order valence-electron chi connectivity index (χ0n) is 4.78.